The van der Waals surface area contributed by atoms with Crippen LogP contribution in [-0.4, -0.2) is 33.6 Å². The van der Waals surface area contributed by atoms with Gasteiger partial charge in [-0.2, -0.15) is 0 Å². The Hall–Kier alpha value is -2.37. The first-order valence-electron chi connectivity index (χ1n) is 7.69. The minimum absolute atomic E-state index is 0.0856. The Bertz CT molecular complexity index is 546. The predicted octanol–water partition coefficient (Wildman–Crippen LogP) is 3.92. The lowest BCUT2D eigenvalue weighted by Crippen LogP contribution is -2.18. The van der Waals surface area contributed by atoms with E-state index in [2.05, 4.69) is 0 Å². The number of rotatable bonds is 8. The van der Waals surface area contributed by atoms with Gasteiger partial charge >= 0.3 is 6.16 Å². The Morgan fingerprint density at radius 3 is 1.46 bits per heavy atom. The van der Waals surface area contributed by atoms with Crippen molar-refractivity contribution in [2.24, 2.45) is 0 Å². The van der Waals surface area contributed by atoms with Crippen LogP contribution in [0.5, 0.6) is 0 Å². The van der Waals surface area contributed by atoms with Crippen molar-refractivity contribution in [2.75, 3.05) is 27.4 Å². The molecule has 5 heteroatoms. The van der Waals surface area contributed by atoms with Crippen molar-refractivity contribution in [3.05, 3.63) is 71.8 Å². The van der Waals surface area contributed by atoms with Gasteiger partial charge in [0.05, 0.1) is 0 Å². The molecule has 0 heterocycles. The summed E-state index contributed by atoms with van der Waals surface area (Å²) < 4.78 is 21.0. The van der Waals surface area contributed by atoms with Crippen molar-refractivity contribution in [3.8, 4) is 0 Å². The lowest BCUT2D eigenvalue weighted by molar-refractivity contribution is -0.0214. The highest BCUT2D eigenvalue weighted by molar-refractivity contribution is 5.59. The fourth-order valence-corrected chi connectivity index (χ4v) is 2.27. The molecule has 0 unspecified atom stereocenters. The van der Waals surface area contributed by atoms with Gasteiger partial charge in [-0.25, -0.2) is 4.79 Å². The number of carbonyl (C=O) groups excluding carboxylic acids is 1. The summed E-state index contributed by atoms with van der Waals surface area (Å²) in [6.07, 6.45) is -1.40. The molecular weight excluding hydrogens is 308 g/mol. The Kier molecular flexibility index (Phi) is 7.26. The normalized spacial score (nSPS) is 13.1. The topological polar surface area (TPSA) is 54.0 Å². The van der Waals surface area contributed by atoms with E-state index < -0.39 is 6.16 Å². The smallest absolute Gasteiger partial charge is 0.431 e. The first-order chi connectivity index (χ1) is 11.7. The van der Waals surface area contributed by atoms with Crippen molar-refractivity contribution < 1.29 is 23.7 Å². The first-order valence-corrected chi connectivity index (χ1v) is 7.69. The molecule has 0 bridgehead atoms. The van der Waals surface area contributed by atoms with E-state index in [1.54, 1.807) is 14.2 Å². The second kappa shape index (κ2) is 9.70. The third-order valence-electron chi connectivity index (χ3n) is 3.62. The van der Waals surface area contributed by atoms with Gasteiger partial charge < -0.3 is 18.9 Å². The summed E-state index contributed by atoms with van der Waals surface area (Å²) in [5.41, 5.74) is 1.87. The molecule has 0 aromatic heterocycles. The number of ether oxygens (including phenoxy) is 4. The number of hydrogen-bond donors (Lipinski definition) is 0. The maximum atomic E-state index is 11.8. The molecule has 2 aromatic rings. The average Bonchev–Trinajstić information content (AvgIpc) is 2.64. The van der Waals surface area contributed by atoms with Crippen LogP contribution >= 0.6 is 0 Å². The number of methoxy groups -OCH3 is 2. The standard InChI is InChI=1S/C19H22O5/c1-21-17(15-9-5-3-6-10-15)13-23-19(20)24-14-18(22-2)16-11-7-4-8-12-16/h3-12,17-18H,13-14H2,1-2H3/t17-,18-/m0/s1. The van der Waals surface area contributed by atoms with Crippen molar-refractivity contribution in [2.45, 2.75) is 12.2 Å². The summed E-state index contributed by atoms with van der Waals surface area (Å²) >= 11 is 0. The van der Waals surface area contributed by atoms with Crippen LogP contribution in [0.25, 0.3) is 0 Å². The largest absolute Gasteiger partial charge is 0.508 e. The van der Waals surface area contributed by atoms with E-state index in [1.807, 2.05) is 60.7 Å². The van der Waals surface area contributed by atoms with Crippen LogP contribution in [0, 0.1) is 0 Å². The minimum Gasteiger partial charge on any atom is -0.431 e. The van der Waals surface area contributed by atoms with E-state index in [0.29, 0.717) is 0 Å². The molecule has 0 aliphatic heterocycles. The minimum atomic E-state index is -0.744. The highest BCUT2D eigenvalue weighted by Crippen LogP contribution is 2.18. The zero-order valence-corrected chi connectivity index (χ0v) is 13.9. The Labute approximate surface area is 142 Å². The molecule has 0 saturated heterocycles. The summed E-state index contributed by atoms with van der Waals surface area (Å²) in [4.78, 5) is 11.8. The maximum absolute atomic E-state index is 11.8. The first kappa shape index (κ1) is 18.0. The van der Waals surface area contributed by atoms with Gasteiger partial charge in [-0.15, -0.1) is 0 Å². The van der Waals surface area contributed by atoms with Gasteiger partial charge in [-0.1, -0.05) is 60.7 Å². The lowest BCUT2D eigenvalue weighted by Gasteiger charge is -2.18. The van der Waals surface area contributed by atoms with Crippen LogP contribution in [0.2, 0.25) is 0 Å². The highest BCUT2D eigenvalue weighted by atomic mass is 16.7. The molecule has 0 radical (unpaired) electrons. The molecule has 24 heavy (non-hydrogen) atoms. The molecule has 0 saturated carbocycles. The van der Waals surface area contributed by atoms with Gasteiger partial charge in [-0.3, -0.25) is 0 Å². The fraction of sp³-hybridized carbons (Fsp3) is 0.316. The van der Waals surface area contributed by atoms with Crippen LogP contribution in [0.4, 0.5) is 4.79 Å². The Balaban J connectivity index is 1.80. The molecule has 0 fully saturated rings. The molecule has 0 aliphatic rings. The monoisotopic (exact) mass is 330 g/mol. The van der Waals surface area contributed by atoms with E-state index in [4.69, 9.17) is 18.9 Å². The van der Waals surface area contributed by atoms with Crippen LogP contribution < -0.4 is 0 Å². The van der Waals surface area contributed by atoms with E-state index in [-0.39, 0.29) is 25.4 Å². The summed E-state index contributed by atoms with van der Waals surface area (Å²) in [5.74, 6) is 0. The zero-order valence-electron chi connectivity index (χ0n) is 13.9. The van der Waals surface area contributed by atoms with Crippen LogP contribution in [0.15, 0.2) is 60.7 Å². The molecule has 5 nitrogen and oxygen atoms in total. The van der Waals surface area contributed by atoms with E-state index >= 15 is 0 Å². The van der Waals surface area contributed by atoms with Crippen molar-refractivity contribution in [1.29, 1.82) is 0 Å². The second-order valence-electron chi connectivity index (χ2n) is 5.14. The average molecular weight is 330 g/mol. The van der Waals surface area contributed by atoms with Gasteiger partial charge in [0.2, 0.25) is 0 Å². The summed E-state index contributed by atoms with van der Waals surface area (Å²) in [5, 5.41) is 0. The molecule has 128 valence electrons. The molecule has 2 atom stereocenters. The fourth-order valence-electron chi connectivity index (χ4n) is 2.27. The summed E-state index contributed by atoms with van der Waals surface area (Å²) in [6, 6.07) is 19.1. The SMILES string of the molecule is CO[C@@H](COC(=O)OC[C@H](OC)c1ccccc1)c1ccccc1. The molecule has 0 spiro atoms. The Morgan fingerprint density at radius 2 is 1.12 bits per heavy atom. The van der Waals surface area contributed by atoms with Crippen molar-refractivity contribution in [3.63, 3.8) is 0 Å². The Morgan fingerprint density at radius 1 is 0.750 bits per heavy atom. The molecule has 0 aliphatic carbocycles. The molecule has 0 amide bonds. The van der Waals surface area contributed by atoms with E-state index in [0.717, 1.165) is 11.1 Å². The van der Waals surface area contributed by atoms with Gasteiger partial charge in [0.25, 0.3) is 0 Å². The quantitative estimate of drug-likeness (QED) is 0.687. The third kappa shape index (κ3) is 5.37. The third-order valence-corrected chi connectivity index (χ3v) is 3.62. The van der Waals surface area contributed by atoms with Crippen LogP contribution in [0.3, 0.4) is 0 Å². The van der Waals surface area contributed by atoms with Crippen molar-refractivity contribution in [1.82, 2.24) is 0 Å². The van der Waals surface area contributed by atoms with Gasteiger partial charge in [0, 0.05) is 14.2 Å². The number of carbonyl (C=O) groups is 1. The maximum Gasteiger partial charge on any atom is 0.508 e. The van der Waals surface area contributed by atoms with Crippen LogP contribution in [-0.2, 0) is 18.9 Å². The van der Waals surface area contributed by atoms with Gasteiger partial charge in [0.15, 0.2) is 0 Å². The number of benzene rings is 2. The van der Waals surface area contributed by atoms with Crippen LogP contribution in [0.1, 0.15) is 23.3 Å². The van der Waals surface area contributed by atoms with E-state index in [9.17, 15) is 4.79 Å². The lowest BCUT2D eigenvalue weighted by atomic mass is 10.1. The predicted molar refractivity (Wildman–Crippen MR) is 89.7 cm³/mol. The van der Waals surface area contributed by atoms with E-state index in [1.165, 1.54) is 0 Å². The van der Waals surface area contributed by atoms with Gasteiger partial charge in [-0.05, 0) is 11.1 Å². The summed E-state index contributed by atoms with van der Waals surface area (Å²) in [7, 11) is 3.14. The molecule has 0 N–H and O–H groups in total. The zero-order chi connectivity index (χ0) is 17.2. The highest BCUT2D eigenvalue weighted by Gasteiger charge is 2.17. The van der Waals surface area contributed by atoms with Gasteiger partial charge in [0.1, 0.15) is 25.4 Å². The second-order valence-corrected chi connectivity index (χ2v) is 5.14. The summed E-state index contributed by atoms with van der Waals surface area (Å²) in [6.45, 7) is 0.171. The number of hydrogen-bond acceptors (Lipinski definition) is 5. The molecule has 2 rings (SSSR count). The molecule has 2 aromatic carbocycles. The van der Waals surface area contributed by atoms with Crippen molar-refractivity contribution >= 4 is 6.16 Å². The molecular formula is C19H22O5.